The summed E-state index contributed by atoms with van der Waals surface area (Å²) in [7, 11) is -2.15. The number of aromatic carboxylic acids is 1. The summed E-state index contributed by atoms with van der Waals surface area (Å²) < 4.78 is 31.5. The van der Waals surface area contributed by atoms with Crippen molar-refractivity contribution in [1.82, 2.24) is 4.31 Å². The fraction of sp³-hybridized carbons (Fsp3) is 0.545. The third kappa shape index (κ3) is 2.66. The monoisotopic (exact) mass is 305 g/mol. The quantitative estimate of drug-likeness (QED) is 0.905. The smallest absolute Gasteiger partial charge is 0.336 e. The van der Waals surface area contributed by atoms with Gasteiger partial charge in [-0.1, -0.05) is 0 Å². The molecule has 0 spiro atoms. The molecule has 2 unspecified atom stereocenters. The van der Waals surface area contributed by atoms with Crippen LogP contribution in [0.15, 0.2) is 15.7 Å². The maximum absolute atomic E-state index is 12.4. The van der Waals surface area contributed by atoms with Gasteiger partial charge >= 0.3 is 5.97 Å². The van der Waals surface area contributed by atoms with Crippen LogP contribution in [0, 0.1) is 0 Å². The topological polar surface area (TPSA) is 83.9 Å². The number of carboxylic acids is 1. The Morgan fingerprint density at radius 3 is 2.74 bits per heavy atom. The van der Waals surface area contributed by atoms with E-state index in [4.69, 9.17) is 9.84 Å². The Labute approximate surface area is 115 Å². The first-order chi connectivity index (χ1) is 8.84. The van der Waals surface area contributed by atoms with Gasteiger partial charge < -0.3 is 9.84 Å². The van der Waals surface area contributed by atoms with E-state index in [9.17, 15) is 13.2 Å². The number of carboxylic acid groups (broad SMARTS) is 1. The van der Waals surface area contributed by atoms with Gasteiger partial charge in [-0.05, 0) is 19.4 Å². The molecule has 19 heavy (non-hydrogen) atoms. The molecule has 0 saturated carbocycles. The lowest BCUT2D eigenvalue weighted by atomic mass is 10.2. The van der Waals surface area contributed by atoms with E-state index in [0.29, 0.717) is 13.0 Å². The molecule has 0 radical (unpaired) electrons. The van der Waals surface area contributed by atoms with Crippen LogP contribution in [-0.2, 0) is 14.8 Å². The van der Waals surface area contributed by atoms with Crippen LogP contribution < -0.4 is 0 Å². The molecule has 106 valence electrons. The molecule has 2 rings (SSSR count). The second-order valence-corrected chi connectivity index (χ2v) is 7.55. The summed E-state index contributed by atoms with van der Waals surface area (Å²) in [5, 5.41) is 10.2. The van der Waals surface area contributed by atoms with E-state index in [1.54, 1.807) is 0 Å². The number of nitrogens with zero attached hydrogens (tertiary/aromatic N) is 1. The highest BCUT2D eigenvalue weighted by atomic mass is 32.2. The van der Waals surface area contributed by atoms with Crippen LogP contribution in [-0.4, -0.2) is 49.6 Å². The highest BCUT2D eigenvalue weighted by Crippen LogP contribution is 2.28. The lowest BCUT2D eigenvalue weighted by Crippen LogP contribution is -2.40. The van der Waals surface area contributed by atoms with Gasteiger partial charge in [-0.15, -0.1) is 11.3 Å². The van der Waals surface area contributed by atoms with Gasteiger partial charge in [-0.2, -0.15) is 4.31 Å². The van der Waals surface area contributed by atoms with E-state index < -0.39 is 16.0 Å². The Balaban J connectivity index is 2.28. The summed E-state index contributed by atoms with van der Waals surface area (Å²) in [6.07, 6.45) is 0.493. The minimum atomic E-state index is -3.66. The third-order valence-electron chi connectivity index (χ3n) is 3.26. The summed E-state index contributed by atoms with van der Waals surface area (Å²) in [5.41, 5.74) is -0.00676. The van der Waals surface area contributed by atoms with Gasteiger partial charge in [0.2, 0.25) is 0 Å². The van der Waals surface area contributed by atoms with Gasteiger partial charge in [-0.25, -0.2) is 13.2 Å². The van der Waals surface area contributed by atoms with Crippen molar-refractivity contribution in [1.29, 1.82) is 0 Å². The second-order valence-electron chi connectivity index (χ2n) is 4.41. The van der Waals surface area contributed by atoms with Crippen LogP contribution >= 0.6 is 11.3 Å². The second kappa shape index (κ2) is 5.20. The predicted molar refractivity (Wildman–Crippen MR) is 70.0 cm³/mol. The summed E-state index contributed by atoms with van der Waals surface area (Å²) in [6, 6.07) is 0.986. The molecule has 8 heteroatoms. The summed E-state index contributed by atoms with van der Waals surface area (Å²) in [5.74, 6) is -1.13. The zero-order chi connectivity index (χ0) is 14.2. The first-order valence-electron chi connectivity index (χ1n) is 5.75. The van der Waals surface area contributed by atoms with E-state index in [-0.39, 0.29) is 21.9 Å². The van der Waals surface area contributed by atoms with E-state index >= 15 is 0 Å². The molecule has 0 aromatic carbocycles. The lowest BCUT2D eigenvalue weighted by molar-refractivity contribution is 0.0697. The first kappa shape index (κ1) is 14.4. The molecule has 0 amide bonds. The Bertz CT molecular complexity index is 580. The molecule has 1 N–H and O–H groups in total. The molecule has 0 bridgehead atoms. The van der Waals surface area contributed by atoms with Crippen molar-refractivity contribution in [2.24, 2.45) is 0 Å². The Hall–Kier alpha value is -0.960. The van der Waals surface area contributed by atoms with Gasteiger partial charge in [0.05, 0.1) is 17.7 Å². The zero-order valence-electron chi connectivity index (χ0n) is 10.6. The largest absolute Gasteiger partial charge is 0.478 e. The molecule has 1 aromatic heterocycles. The van der Waals surface area contributed by atoms with Gasteiger partial charge in [-0.3, -0.25) is 0 Å². The minimum Gasteiger partial charge on any atom is -0.478 e. The number of thiophene rings is 1. The lowest BCUT2D eigenvalue weighted by Gasteiger charge is -2.25. The third-order valence-corrected chi connectivity index (χ3v) is 6.56. The molecule has 2 atom stereocenters. The Kier molecular flexibility index (Phi) is 3.95. The van der Waals surface area contributed by atoms with Crippen molar-refractivity contribution < 1.29 is 23.1 Å². The minimum absolute atomic E-state index is 0.00676. The van der Waals surface area contributed by atoms with Crippen LogP contribution in [0.1, 0.15) is 23.7 Å². The standard InChI is InChI=1S/C11H15NO5S2/c1-7-9(3-4-17-7)12(2)19(15,16)10-5-8(6-18-10)11(13)14/h5-7,9H,3-4H2,1-2H3,(H,13,14). The number of sulfonamides is 1. The van der Waals surface area contributed by atoms with Crippen LogP contribution in [0.2, 0.25) is 0 Å². The van der Waals surface area contributed by atoms with Crippen molar-refractivity contribution >= 4 is 27.3 Å². The summed E-state index contributed by atoms with van der Waals surface area (Å²) >= 11 is 0.922. The Morgan fingerprint density at radius 1 is 1.58 bits per heavy atom. The number of hydrogen-bond acceptors (Lipinski definition) is 5. The average Bonchev–Trinajstić information content (AvgIpc) is 2.96. The fourth-order valence-electron chi connectivity index (χ4n) is 2.08. The molecule has 1 aliphatic heterocycles. The number of hydrogen-bond donors (Lipinski definition) is 1. The molecule has 1 saturated heterocycles. The molecule has 1 aliphatic rings. The van der Waals surface area contributed by atoms with E-state index in [0.717, 1.165) is 11.3 Å². The van der Waals surface area contributed by atoms with Gasteiger partial charge in [0.15, 0.2) is 0 Å². The fourth-order valence-corrected chi connectivity index (χ4v) is 4.87. The molecular weight excluding hydrogens is 290 g/mol. The predicted octanol–water partition coefficient (Wildman–Crippen LogP) is 1.24. The van der Waals surface area contributed by atoms with Crippen molar-refractivity contribution in [2.75, 3.05) is 13.7 Å². The maximum Gasteiger partial charge on any atom is 0.336 e. The highest BCUT2D eigenvalue weighted by molar-refractivity contribution is 7.91. The number of ether oxygens (including phenoxy) is 1. The van der Waals surface area contributed by atoms with E-state index in [1.807, 2.05) is 6.92 Å². The molecule has 0 aliphatic carbocycles. The van der Waals surface area contributed by atoms with Gasteiger partial charge in [0.25, 0.3) is 10.0 Å². The summed E-state index contributed by atoms with van der Waals surface area (Å²) in [4.78, 5) is 10.8. The van der Waals surface area contributed by atoms with Crippen LogP contribution in [0.4, 0.5) is 0 Å². The molecular formula is C11H15NO5S2. The van der Waals surface area contributed by atoms with Crippen molar-refractivity contribution in [3.63, 3.8) is 0 Å². The van der Waals surface area contributed by atoms with Crippen LogP contribution in [0.25, 0.3) is 0 Å². The number of carbonyl (C=O) groups is 1. The Morgan fingerprint density at radius 2 is 2.26 bits per heavy atom. The molecule has 2 heterocycles. The zero-order valence-corrected chi connectivity index (χ0v) is 12.2. The average molecular weight is 305 g/mol. The SMILES string of the molecule is CC1OCCC1N(C)S(=O)(=O)c1cc(C(=O)O)cs1. The number of rotatable bonds is 4. The van der Waals surface area contributed by atoms with Crippen LogP contribution in [0.5, 0.6) is 0 Å². The molecule has 6 nitrogen and oxygen atoms in total. The first-order valence-corrected chi connectivity index (χ1v) is 8.07. The van der Waals surface area contributed by atoms with E-state index in [1.165, 1.54) is 22.8 Å². The molecule has 1 aromatic rings. The highest BCUT2D eigenvalue weighted by Gasteiger charge is 2.36. The normalized spacial score (nSPS) is 23.9. The van der Waals surface area contributed by atoms with Gasteiger partial charge in [0.1, 0.15) is 4.21 Å². The van der Waals surface area contributed by atoms with Crippen molar-refractivity contribution in [3.05, 3.63) is 17.0 Å². The number of likely N-dealkylation sites (N-methyl/N-ethyl adjacent to an activating group) is 1. The van der Waals surface area contributed by atoms with Gasteiger partial charge in [0, 0.05) is 19.0 Å². The molecule has 1 fully saturated rings. The maximum atomic E-state index is 12.4. The van der Waals surface area contributed by atoms with Crippen molar-refractivity contribution in [3.8, 4) is 0 Å². The van der Waals surface area contributed by atoms with Crippen molar-refractivity contribution in [2.45, 2.75) is 29.7 Å². The van der Waals surface area contributed by atoms with E-state index in [2.05, 4.69) is 0 Å². The van der Waals surface area contributed by atoms with Crippen LogP contribution in [0.3, 0.4) is 0 Å². The summed E-state index contributed by atoms with van der Waals surface area (Å²) in [6.45, 7) is 2.37.